The summed E-state index contributed by atoms with van der Waals surface area (Å²) in [5.74, 6) is -0.0772. The minimum Gasteiger partial charge on any atom is -0.352 e. The topological polar surface area (TPSA) is 92.2 Å². The van der Waals surface area contributed by atoms with Crippen molar-refractivity contribution in [3.05, 3.63) is 87.8 Å². The van der Waals surface area contributed by atoms with Gasteiger partial charge in [0.15, 0.2) is 0 Å². The second-order valence-electron chi connectivity index (χ2n) is 7.98. The summed E-state index contributed by atoms with van der Waals surface area (Å²) in [5, 5.41) is 11.9. The van der Waals surface area contributed by atoms with Crippen LogP contribution in [-0.4, -0.2) is 26.4 Å². The summed E-state index contributed by atoms with van der Waals surface area (Å²) in [6.45, 7) is 4.94. The Morgan fingerprint density at radius 3 is 2.61 bits per heavy atom. The number of nitrogens with zero attached hydrogens (tertiary/aromatic N) is 3. The van der Waals surface area contributed by atoms with E-state index >= 15 is 0 Å². The number of hydrogen-bond donors (Lipinski definition) is 2. The lowest BCUT2D eigenvalue weighted by molar-refractivity contribution is 0.0946. The largest absolute Gasteiger partial charge is 0.352 e. The van der Waals surface area contributed by atoms with Gasteiger partial charge in [-0.05, 0) is 36.1 Å². The van der Waals surface area contributed by atoms with E-state index in [4.69, 9.17) is 5.41 Å². The highest BCUT2D eigenvalue weighted by molar-refractivity contribution is 5.96. The molecule has 4 aromatic rings. The Bertz CT molecular complexity index is 1370. The second-order valence-corrected chi connectivity index (χ2v) is 7.98. The van der Waals surface area contributed by atoms with Gasteiger partial charge in [0.25, 0.3) is 11.5 Å². The third-order valence-electron chi connectivity index (χ3n) is 5.20. The summed E-state index contributed by atoms with van der Waals surface area (Å²) in [6.07, 6.45) is 2.31. The molecular weight excluding hydrogens is 390 g/mol. The highest BCUT2D eigenvalue weighted by Gasteiger charge is 2.17. The monoisotopic (exact) mass is 415 g/mol. The molecule has 0 bridgehead atoms. The molecule has 0 saturated carbocycles. The number of aromatic nitrogens is 3. The molecule has 3 heterocycles. The highest BCUT2D eigenvalue weighted by atomic mass is 16.1. The fourth-order valence-electron chi connectivity index (χ4n) is 3.56. The molecule has 0 aliphatic rings. The molecule has 0 fully saturated rings. The molecule has 0 aliphatic carbocycles. The van der Waals surface area contributed by atoms with E-state index in [0.29, 0.717) is 36.2 Å². The number of pyridine rings is 2. The minimum atomic E-state index is -0.355. The molecule has 0 saturated heterocycles. The molecule has 2 N–H and O–H groups in total. The molecule has 0 aliphatic heterocycles. The molecule has 1 aromatic carbocycles. The van der Waals surface area contributed by atoms with Crippen LogP contribution in [0.2, 0.25) is 0 Å². The Hall–Kier alpha value is -3.74. The number of fused-ring (bicyclic) bond motifs is 2. The smallest absolute Gasteiger partial charge is 0.267 e. The van der Waals surface area contributed by atoms with Crippen LogP contribution >= 0.6 is 0 Å². The molecule has 3 aromatic heterocycles. The van der Waals surface area contributed by atoms with Crippen LogP contribution in [-0.2, 0) is 13.0 Å². The van der Waals surface area contributed by atoms with Gasteiger partial charge >= 0.3 is 0 Å². The first kappa shape index (κ1) is 20.5. The Labute approximate surface area is 179 Å². The number of rotatable bonds is 6. The van der Waals surface area contributed by atoms with Crippen LogP contribution in [0.4, 0.5) is 0 Å². The number of carbonyl (C=O) groups is 1. The van der Waals surface area contributed by atoms with Crippen molar-refractivity contribution in [2.45, 2.75) is 26.8 Å². The van der Waals surface area contributed by atoms with Crippen molar-refractivity contribution >= 4 is 22.6 Å². The van der Waals surface area contributed by atoms with Crippen molar-refractivity contribution in [2.75, 3.05) is 6.54 Å². The number of benzene rings is 1. The predicted molar refractivity (Wildman–Crippen MR) is 120 cm³/mol. The van der Waals surface area contributed by atoms with E-state index in [1.54, 1.807) is 22.9 Å². The van der Waals surface area contributed by atoms with Gasteiger partial charge in [0.05, 0.1) is 10.9 Å². The van der Waals surface area contributed by atoms with Gasteiger partial charge in [-0.15, -0.1) is 0 Å². The summed E-state index contributed by atoms with van der Waals surface area (Å²) in [5.41, 5.74) is 2.00. The zero-order valence-corrected chi connectivity index (χ0v) is 17.6. The van der Waals surface area contributed by atoms with E-state index < -0.39 is 0 Å². The van der Waals surface area contributed by atoms with Gasteiger partial charge in [0, 0.05) is 19.3 Å². The molecule has 1 amide bonds. The maximum atomic E-state index is 13.2. The third kappa shape index (κ3) is 4.12. The summed E-state index contributed by atoms with van der Waals surface area (Å²) < 4.78 is 3.13. The average molecular weight is 415 g/mol. The molecule has 4 rings (SSSR count). The fourth-order valence-corrected chi connectivity index (χ4v) is 3.56. The Balaban J connectivity index is 1.90. The van der Waals surface area contributed by atoms with Gasteiger partial charge in [-0.25, -0.2) is 4.98 Å². The quantitative estimate of drug-likeness (QED) is 0.474. The molecule has 0 atom stereocenters. The van der Waals surface area contributed by atoms with Crippen molar-refractivity contribution in [1.29, 1.82) is 5.41 Å². The maximum Gasteiger partial charge on any atom is 0.267 e. The van der Waals surface area contributed by atoms with E-state index in [-0.39, 0.29) is 28.4 Å². The van der Waals surface area contributed by atoms with E-state index in [2.05, 4.69) is 10.3 Å². The first-order chi connectivity index (χ1) is 15.0. The predicted octanol–water partition coefficient (Wildman–Crippen LogP) is 2.76. The third-order valence-corrected chi connectivity index (χ3v) is 5.20. The van der Waals surface area contributed by atoms with Crippen LogP contribution in [0.3, 0.4) is 0 Å². The van der Waals surface area contributed by atoms with Gasteiger partial charge in [-0.3, -0.25) is 19.4 Å². The zero-order chi connectivity index (χ0) is 22.0. The molecule has 0 radical (unpaired) electrons. The van der Waals surface area contributed by atoms with Crippen LogP contribution in [0, 0.1) is 11.3 Å². The number of aryl methyl sites for hydroxylation is 2. The second kappa shape index (κ2) is 8.55. The summed E-state index contributed by atoms with van der Waals surface area (Å²) in [4.78, 5) is 30.7. The van der Waals surface area contributed by atoms with Gasteiger partial charge in [0.2, 0.25) is 0 Å². The van der Waals surface area contributed by atoms with Crippen LogP contribution in [0.5, 0.6) is 0 Å². The van der Waals surface area contributed by atoms with Crippen molar-refractivity contribution < 1.29 is 4.79 Å². The van der Waals surface area contributed by atoms with Crippen LogP contribution in [0.25, 0.3) is 16.7 Å². The van der Waals surface area contributed by atoms with Crippen molar-refractivity contribution in [1.82, 2.24) is 19.3 Å². The molecule has 0 unspecified atom stereocenters. The van der Waals surface area contributed by atoms with Crippen LogP contribution < -0.4 is 16.4 Å². The normalized spacial score (nSPS) is 11.3. The van der Waals surface area contributed by atoms with Gasteiger partial charge in [-0.2, -0.15) is 0 Å². The first-order valence-corrected chi connectivity index (χ1v) is 10.4. The molecule has 0 spiro atoms. The van der Waals surface area contributed by atoms with Crippen molar-refractivity contribution in [2.24, 2.45) is 5.92 Å². The lowest BCUT2D eigenvalue weighted by Gasteiger charge is -2.15. The lowest BCUT2D eigenvalue weighted by Crippen LogP contribution is -2.36. The van der Waals surface area contributed by atoms with Crippen LogP contribution in [0.1, 0.15) is 29.8 Å². The summed E-state index contributed by atoms with van der Waals surface area (Å²) in [6, 6.07) is 16.8. The molecule has 31 heavy (non-hydrogen) atoms. The van der Waals surface area contributed by atoms with E-state index in [1.165, 1.54) is 10.5 Å². The highest BCUT2D eigenvalue weighted by Crippen LogP contribution is 2.12. The van der Waals surface area contributed by atoms with E-state index in [9.17, 15) is 9.59 Å². The fraction of sp³-hybridized carbons (Fsp3) is 0.250. The Morgan fingerprint density at radius 1 is 1.13 bits per heavy atom. The summed E-state index contributed by atoms with van der Waals surface area (Å²) >= 11 is 0. The molecule has 158 valence electrons. The van der Waals surface area contributed by atoms with Crippen molar-refractivity contribution in [3.63, 3.8) is 0 Å². The Morgan fingerprint density at radius 2 is 1.87 bits per heavy atom. The minimum absolute atomic E-state index is 0.0527. The standard InChI is InChI=1S/C24H25N5O2/c1-16(2)15-26-23(30)18-14-19-22(27-20-10-6-7-12-28(20)24(19)31)29(21(18)25)13-11-17-8-4-3-5-9-17/h3-10,12,14,16,25H,11,13,15H2,1-2H3,(H,26,30). The van der Waals surface area contributed by atoms with E-state index in [1.807, 2.05) is 50.2 Å². The Kier molecular flexibility index (Phi) is 5.66. The van der Waals surface area contributed by atoms with Gasteiger partial charge < -0.3 is 9.88 Å². The van der Waals surface area contributed by atoms with Gasteiger partial charge in [0.1, 0.15) is 16.8 Å². The maximum absolute atomic E-state index is 13.2. The van der Waals surface area contributed by atoms with E-state index in [0.717, 1.165) is 5.56 Å². The van der Waals surface area contributed by atoms with Gasteiger partial charge in [-0.1, -0.05) is 50.2 Å². The number of hydrogen-bond acceptors (Lipinski definition) is 4. The first-order valence-electron chi connectivity index (χ1n) is 10.4. The SMILES string of the molecule is CC(C)CNC(=O)c1cc2c(=O)n3ccccc3nc2n(CCc2ccccc2)c1=N. The summed E-state index contributed by atoms with van der Waals surface area (Å²) in [7, 11) is 0. The van der Waals surface area contributed by atoms with Crippen LogP contribution in [0.15, 0.2) is 65.6 Å². The van der Waals surface area contributed by atoms with Crippen molar-refractivity contribution in [3.8, 4) is 0 Å². The molecule has 7 heteroatoms. The number of nitrogens with one attached hydrogen (secondary N) is 2. The number of carbonyl (C=O) groups excluding carboxylic acids is 1. The zero-order valence-electron chi connectivity index (χ0n) is 17.6. The number of amides is 1. The molecular formula is C24H25N5O2. The average Bonchev–Trinajstić information content (AvgIpc) is 2.77. The lowest BCUT2D eigenvalue weighted by atomic mass is 10.1. The molecule has 7 nitrogen and oxygen atoms in total.